The van der Waals surface area contributed by atoms with E-state index in [4.69, 9.17) is 0 Å². The SMILES string of the molecule is CCCCC(CC)C(=O)c1ccc(C)cc1C. The monoisotopic (exact) mass is 232 g/mol. The summed E-state index contributed by atoms with van der Waals surface area (Å²) in [5.41, 5.74) is 3.25. The molecule has 0 aliphatic rings. The van der Waals surface area contributed by atoms with E-state index in [1.54, 1.807) is 0 Å². The summed E-state index contributed by atoms with van der Waals surface area (Å²) >= 11 is 0. The molecular formula is C16H24O. The highest BCUT2D eigenvalue weighted by molar-refractivity contribution is 5.99. The number of unbranched alkanes of at least 4 members (excludes halogenated alkanes) is 1. The molecule has 0 bridgehead atoms. The Morgan fingerprint density at radius 3 is 2.47 bits per heavy atom. The lowest BCUT2D eigenvalue weighted by molar-refractivity contribution is 0.0907. The van der Waals surface area contributed by atoms with Gasteiger partial charge in [-0.15, -0.1) is 0 Å². The van der Waals surface area contributed by atoms with Gasteiger partial charge in [-0.3, -0.25) is 4.79 Å². The van der Waals surface area contributed by atoms with Crippen LogP contribution in [0.25, 0.3) is 0 Å². The van der Waals surface area contributed by atoms with Crippen molar-refractivity contribution >= 4 is 5.78 Å². The predicted octanol–water partition coefficient (Wildman–Crippen LogP) is 4.70. The van der Waals surface area contributed by atoms with Crippen molar-refractivity contribution in [1.29, 1.82) is 0 Å². The molecule has 0 saturated heterocycles. The molecule has 0 saturated carbocycles. The van der Waals surface area contributed by atoms with Crippen molar-refractivity contribution in [1.82, 2.24) is 0 Å². The summed E-state index contributed by atoms with van der Waals surface area (Å²) in [6.07, 6.45) is 4.29. The molecule has 1 aromatic rings. The van der Waals surface area contributed by atoms with E-state index in [1.165, 1.54) is 5.56 Å². The Balaban J connectivity index is 2.86. The highest BCUT2D eigenvalue weighted by Crippen LogP contribution is 2.21. The maximum absolute atomic E-state index is 12.4. The van der Waals surface area contributed by atoms with Crippen molar-refractivity contribution in [2.45, 2.75) is 53.4 Å². The summed E-state index contributed by atoms with van der Waals surface area (Å²) in [4.78, 5) is 12.4. The van der Waals surface area contributed by atoms with Gasteiger partial charge in [0.1, 0.15) is 0 Å². The number of carbonyl (C=O) groups is 1. The van der Waals surface area contributed by atoms with E-state index >= 15 is 0 Å². The smallest absolute Gasteiger partial charge is 0.166 e. The first kappa shape index (κ1) is 14.0. The molecule has 1 rings (SSSR count). The number of benzene rings is 1. The topological polar surface area (TPSA) is 17.1 Å². The Labute approximate surface area is 105 Å². The van der Waals surface area contributed by atoms with Gasteiger partial charge in [-0.2, -0.15) is 0 Å². The third kappa shape index (κ3) is 3.69. The molecule has 0 aliphatic carbocycles. The van der Waals surface area contributed by atoms with Crippen molar-refractivity contribution < 1.29 is 4.79 Å². The molecular weight excluding hydrogens is 208 g/mol. The quantitative estimate of drug-likeness (QED) is 0.650. The van der Waals surface area contributed by atoms with E-state index in [2.05, 4.69) is 26.8 Å². The molecule has 0 aromatic heterocycles. The van der Waals surface area contributed by atoms with Crippen LogP contribution in [0, 0.1) is 19.8 Å². The minimum atomic E-state index is 0.205. The van der Waals surface area contributed by atoms with Gasteiger partial charge in [-0.05, 0) is 32.3 Å². The van der Waals surface area contributed by atoms with E-state index in [9.17, 15) is 4.79 Å². The van der Waals surface area contributed by atoms with Gasteiger partial charge in [0.25, 0.3) is 0 Å². The summed E-state index contributed by atoms with van der Waals surface area (Å²) in [5.74, 6) is 0.537. The van der Waals surface area contributed by atoms with Gasteiger partial charge in [0.2, 0.25) is 0 Å². The fraction of sp³-hybridized carbons (Fsp3) is 0.562. The first-order valence-electron chi connectivity index (χ1n) is 6.71. The number of hydrogen-bond donors (Lipinski definition) is 0. The van der Waals surface area contributed by atoms with Crippen molar-refractivity contribution in [3.8, 4) is 0 Å². The number of carbonyl (C=O) groups excluding carboxylic acids is 1. The third-order valence-electron chi connectivity index (χ3n) is 3.42. The van der Waals surface area contributed by atoms with Crippen LogP contribution in [0.3, 0.4) is 0 Å². The molecule has 1 heteroatoms. The van der Waals surface area contributed by atoms with Crippen LogP contribution < -0.4 is 0 Å². The molecule has 0 amide bonds. The Morgan fingerprint density at radius 2 is 1.94 bits per heavy atom. The number of Topliss-reactive ketones (excluding diaryl/α,β-unsaturated/α-hetero) is 1. The molecule has 0 radical (unpaired) electrons. The Kier molecular flexibility index (Phi) is 5.40. The highest BCUT2D eigenvalue weighted by atomic mass is 16.1. The van der Waals surface area contributed by atoms with Crippen molar-refractivity contribution in [3.63, 3.8) is 0 Å². The lowest BCUT2D eigenvalue weighted by Crippen LogP contribution is -2.15. The predicted molar refractivity (Wildman–Crippen MR) is 73.6 cm³/mol. The van der Waals surface area contributed by atoms with Crippen LogP contribution in [-0.4, -0.2) is 5.78 Å². The average molecular weight is 232 g/mol. The fourth-order valence-corrected chi connectivity index (χ4v) is 2.28. The Morgan fingerprint density at radius 1 is 1.24 bits per heavy atom. The maximum atomic E-state index is 12.4. The molecule has 0 aliphatic heterocycles. The van der Waals surface area contributed by atoms with Crippen LogP contribution in [0.4, 0.5) is 0 Å². The van der Waals surface area contributed by atoms with Crippen LogP contribution >= 0.6 is 0 Å². The molecule has 1 nitrogen and oxygen atoms in total. The second kappa shape index (κ2) is 6.58. The fourth-order valence-electron chi connectivity index (χ4n) is 2.28. The zero-order chi connectivity index (χ0) is 12.8. The molecule has 0 fully saturated rings. The van der Waals surface area contributed by atoms with E-state index in [0.29, 0.717) is 5.78 Å². The van der Waals surface area contributed by atoms with Crippen LogP contribution in [-0.2, 0) is 0 Å². The molecule has 0 heterocycles. The highest BCUT2D eigenvalue weighted by Gasteiger charge is 2.19. The van der Waals surface area contributed by atoms with Crippen LogP contribution in [0.2, 0.25) is 0 Å². The maximum Gasteiger partial charge on any atom is 0.166 e. The Hall–Kier alpha value is -1.11. The molecule has 0 N–H and O–H groups in total. The van der Waals surface area contributed by atoms with Gasteiger partial charge >= 0.3 is 0 Å². The van der Waals surface area contributed by atoms with Crippen molar-refractivity contribution in [2.75, 3.05) is 0 Å². The second-order valence-corrected chi connectivity index (χ2v) is 4.93. The third-order valence-corrected chi connectivity index (χ3v) is 3.42. The zero-order valence-electron chi connectivity index (χ0n) is 11.5. The van der Waals surface area contributed by atoms with Crippen LogP contribution in [0.1, 0.15) is 61.0 Å². The average Bonchev–Trinajstić information content (AvgIpc) is 2.29. The molecule has 17 heavy (non-hydrogen) atoms. The van der Waals surface area contributed by atoms with Gasteiger partial charge in [0.05, 0.1) is 0 Å². The molecule has 1 unspecified atom stereocenters. The summed E-state index contributed by atoms with van der Waals surface area (Å²) in [7, 11) is 0. The summed E-state index contributed by atoms with van der Waals surface area (Å²) in [6, 6.07) is 6.12. The van der Waals surface area contributed by atoms with Crippen LogP contribution in [0.15, 0.2) is 18.2 Å². The van der Waals surface area contributed by atoms with Gasteiger partial charge in [0, 0.05) is 11.5 Å². The van der Waals surface area contributed by atoms with E-state index in [0.717, 1.165) is 36.8 Å². The van der Waals surface area contributed by atoms with Crippen molar-refractivity contribution in [3.05, 3.63) is 34.9 Å². The minimum absolute atomic E-state index is 0.205. The van der Waals surface area contributed by atoms with Crippen molar-refractivity contribution in [2.24, 2.45) is 5.92 Å². The standard InChI is InChI=1S/C16H24O/c1-5-7-8-14(6-2)16(17)15-10-9-12(3)11-13(15)4/h9-11,14H,5-8H2,1-4H3. The van der Waals surface area contributed by atoms with Gasteiger partial charge < -0.3 is 0 Å². The van der Waals surface area contributed by atoms with E-state index in [1.807, 2.05) is 19.1 Å². The van der Waals surface area contributed by atoms with Gasteiger partial charge in [0.15, 0.2) is 5.78 Å². The summed E-state index contributed by atoms with van der Waals surface area (Å²) in [5, 5.41) is 0. The number of rotatable bonds is 6. The largest absolute Gasteiger partial charge is 0.294 e. The van der Waals surface area contributed by atoms with E-state index < -0.39 is 0 Å². The number of hydrogen-bond acceptors (Lipinski definition) is 1. The minimum Gasteiger partial charge on any atom is -0.294 e. The molecule has 94 valence electrons. The lowest BCUT2D eigenvalue weighted by atomic mass is 9.88. The first-order valence-corrected chi connectivity index (χ1v) is 6.71. The van der Waals surface area contributed by atoms with E-state index in [-0.39, 0.29) is 5.92 Å². The lowest BCUT2D eigenvalue weighted by Gasteiger charge is -2.15. The zero-order valence-corrected chi connectivity index (χ0v) is 11.5. The second-order valence-electron chi connectivity index (χ2n) is 4.93. The molecule has 0 spiro atoms. The number of ketones is 1. The van der Waals surface area contributed by atoms with Gasteiger partial charge in [-0.25, -0.2) is 0 Å². The summed E-state index contributed by atoms with van der Waals surface area (Å²) < 4.78 is 0. The molecule has 1 aromatic carbocycles. The normalized spacial score (nSPS) is 12.5. The Bertz CT molecular complexity index is 379. The van der Waals surface area contributed by atoms with Crippen LogP contribution in [0.5, 0.6) is 0 Å². The first-order chi connectivity index (χ1) is 8.10. The molecule has 1 atom stereocenters. The summed E-state index contributed by atoms with van der Waals surface area (Å²) in [6.45, 7) is 8.39. The van der Waals surface area contributed by atoms with Gasteiger partial charge in [-0.1, -0.05) is 50.5 Å². The number of aryl methyl sites for hydroxylation is 2.